The summed E-state index contributed by atoms with van der Waals surface area (Å²) >= 11 is 0. The van der Waals surface area contributed by atoms with E-state index in [9.17, 15) is 24.6 Å². The second-order valence-electron chi connectivity index (χ2n) is 8.75. The zero-order valence-electron chi connectivity index (χ0n) is 17.1. The summed E-state index contributed by atoms with van der Waals surface area (Å²) in [6, 6.07) is 0. The van der Waals surface area contributed by atoms with Crippen molar-refractivity contribution in [3.05, 3.63) is 0 Å². The highest BCUT2D eigenvalue weighted by molar-refractivity contribution is 6.27. The Morgan fingerprint density at radius 3 is 2.04 bits per heavy atom. The predicted octanol–water partition coefficient (Wildman–Crippen LogP) is 2.95. The van der Waals surface area contributed by atoms with E-state index < -0.39 is 46.8 Å². The van der Waals surface area contributed by atoms with E-state index >= 15 is 0 Å². The summed E-state index contributed by atoms with van der Waals surface area (Å²) in [6.45, 7) is 11.5. The molecule has 1 saturated carbocycles. The summed E-state index contributed by atoms with van der Waals surface area (Å²) in [6.07, 6.45) is 1.02. The number of hydrogen-bond acceptors (Lipinski definition) is 5. The number of Topliss-reactive ketones (excluding diaryl/α,β-unsaturated/α-hetero) is 3. The summed E-state index contributed by atoms with van der Waals surface area (Å²) in [5.41, 5.74) is -2.14. The van der Waals surface area contributed by atoms with Gasteiger partial charge in [0.2, 0.25) is 0 Å². The molecule has 2 N–H and O–H groups in total. The Morgan fingerprint density at radius 2 is 1.58 bits per heavy atom. The van der Waals surface area contributed by atoms with Gasteiger partial charge in [0.25, 0.3) is 0 Å². The van der Waals surface area contributed by atoms with Crippen LogP contribution in [0.25, 0.3) is 0 Å². The van der Waals surface area contributed by atoms with Crippen LogP contribution in [0.15, 0.2) is 0 Å². The molecule has 0 radical (unpaired) electrons. The van der Waals surface area contributed by atoms with Crippen LogP contribution in [0.3, 0.4) is 0 Å². The van der Waals surface area contributed by atoms with Gasteiger partial charge in [-0.2, -0.15) is 0 Å². The van der Waals surface area contributed by atoms with Crippen LogP contribution in [0.5, 0.6) is 0 Å². The van der Waals surface area contributed by atoms with Crippen molar-refractivity contribution in [2.75, 3.05) is 0 Å². The fourth-order valence-electron chi connectivity index (χ4n) is 3.68. The Hall–Kier alpha value is -1.07. The highest BCUT2D eigenvalue weighted by Gasteiger charge is 2.64. The van der Waals surface area contributed by atoms with Gasteiger partial charge in [-0.25, -0.2) is 0 Å². The molecule has 0 bridgehead atoms. The van der Waals surface area contributed by atoms with Gasteiger partial charge in [0.15, 0.2) is 23.0 Å². The fraction of sp³-hybridized carbons (Fsp3) is 0.857. The van der Waals surface area contributed by atoms with E-state index in [1.807, 2.05) is 34.6 Å². The maximum Gasteiger partial charge on any atom is 0.185 e. The topological polar surface area (TPSA) is 91.7 Å². The van der Waals surface area contributed by atoms with Gasteiger partial charge in [-0.05, 0) is 37.5 Å². The van der Waals surface area contributed by atoms with Crippen molar-refractivity contribution in [1.29, 1.82) is 0 Å². The minimum absolute atomic E-state index is 0.232. The quantitative estimate of drug-likeness (QED) is 0.579. The Kier molecular flexibility index (Phi) is 8.15. The molecule has 0 aromatic heterocycles. The number of aliphatic hydroxyl groups is 2. The average molecular weight is 369 g/mol. The van der Waals surface area contributed by atoms with Crippen LogP contribution >= 0.6 is 0 Å². The standard InChI is InChI=1S/C21H36O5/c1-7-14(6)18(23)17-19(24)15(10-8-12(2)3)21(26,20(17)25)16(22)11-9-13(4)5/h12-17,22,26H,7-11H2,1-6H3/t14?,15-,16?,17?,21-/m1/s1. The zero-order chi connectivity index (χ0) is 20.2. The largest absolute Gasteiger partial charge is 0.390 e. The van der Waals surface area contributed by atoms with Crippen molar-refractivity contribution in [3.8, 4) is 0 Å². The van der Waals surface area contributed by atoms with E-state index in [0.29, 0.717) is 37.5 Å². The minimum Gasteiger partial charge on any atom is -0.390 e. The van der Waals surface area contributed by atoms with Crippen LogP contribution in [0.2, 0.25) is 0 Å². The summed E-state index contributed by atoms with van der Waals surface area (Å²) < 4.78 is 0. The number of aliphatic hydroxyl groups excluding tert-OH is 1. The smallest absolute Gasteiger partial charge is 0.185 e. The Bertz CT molecular complexity index is 524. The number of carbonyl (C=O) groups is 3. The van der Waals surface area contributed by atoms with Gasteiger partial charge >= 0.3 is 0 Å². The van der Waals surface area contributed by atoms with E-state index in [4.69, 9.17) is 0 Å². The van der Waals surface area contributed by atoms with Gasteiger partial charge in [0, 0.05) is 5.92 Å². The molecule has 5 nitrogen and oxygen atoms in total. The second-order valence-corrected chi connectivity index (χ2v) is 8.75. The Morgan fingerprint density at radius 1 is 1.04 bits per heavy atom. The zero-order valence-corrected chi connectivity index (χ0v) is 17.1. The third-order valence-electron chi connectivity index (χ3n) is 5.76. The summed E-state index contributed by atoms with van der Waals surface area (Å²) in [7, 11) is 0. The molecule has 1 rings (SSSR count). The van der Waals surface area contributed by atoms with Gasteiger partial charge < -0.3 is 10.2 Å². The molecular formula is C21H36O5. The molecule has 1 fully saturated rings. The summed E-state index contributed by atoms with van der Waals surface area (Å²) in [5.74, 6) is -3.99. The van der Waals surface area contributed by atoms with Crippen molar-refractivity contribution in [1.82, 2.24) is 0 Å². The first-order valence-electron chi connectivity index (χ1n) is 10.0. The molecule has 0 aromatic rings. The van der Waals surface area contributed by atoms with Gasteiger partial charge in [-0.3, -0.25) is 14.4 Å². The highest BCUT2D eigenvalue weighted by atomic mass is 16.4. The number of hydrogen-bond donors (Lipinski definition) is 2. The van der Waals surface area contributed by atoms with Crippen LogP contribution in [0.1, 0.15) is 73.6 Å². The van der Waals surface area contributed by atoms with Crippen LogP contribution in [0, 0.1) is 29.6 Å². The highest BCUT2D eigenvalue weighted by Crippen LogP contribution is 2.42. The van der Waals surface area contributed by atoms with E-state index in [-0.39, 0.29) is 6.42 Å². The lowest BCUT2D eigenvalue weighted by Crippen LogP contribution is -2.53. The fourth-order valence-corrected chi connectivity index (χ4v) is 3.68. The molecule has 3 unspecified atom stereocenters. The lowest BCUT2D eigenvalue weighted by molar-refractivity contribution is -0.158. The normalized spacial score (nSPS) is 28.8. The average Bonchev–Trinajstić information content (AvgIpc) is 2.76. The summed E-state index contributed by atoms with van der Waals surface area (Å²) in [4.78, 5) is 38.5. The molecule has 150 valence electrons. The molecule has 5 atom stereocenters. The van der Waals surface area contributed by atoms with Crippen molar-refractivity contribution in [2.24, 2.45) is 29.6 Å². The molecular weight excluding hydrogens is 332 g/mol. The van der Waals surface area contributed by atoms with Gasteiger partial charge in [0.05, 0.1) is 12.0 Å². The third-order valence-corrected chi connectivity index (χ3v) is 5.76. The monoisotopic (exact) mass is 368 g/mol. The first kappa shape index (κ1) is 23.0. The lowest BCUT2D eigenvalue weighted by atomic mass is 9.78. The van der Waals surface area contributed by atoms with Crippen LogP contribution in [0.4, 0.5) is 0 Å². The Labute approximate surface area is 157 Å². The number of carbonyl (C=O) groups excluding carboxylic acids is 3. The van der Waals surface area contributed by atoms with Crippen molar-refractivity contribution in [3.63, 3.8) is 0 Å². The van der Waals surface area contributed by atoms with E-state index in [0.717, 1.165) is 0 Å². The van der Waals surface area contributed by atoms with Crippen molar-refractivity contribution >= 4 is 17.3 Å². The number of ketones is 3. The molecule has 0 amide bonds. The molecule has 5 heteroatoms. The first-order chi connectivity index (χ1) is 12.0. The van der Waals surface area contributed by atoms with E-state index in [2.05, 4.69) is 0 Å². The molecule has 0 saturated heterocycles. The molecule has 0 heterocycles. The van der Waals surface area contributed by atoms with E-state index in [1.165, 1.54) is 0 Å². The molecule has 1 aliphatic rings. The maximum absolute atomic E-state index is 13.0. The third kappa shape index (κ3) is 4.61. The predicted molar refractivity (Wildman–Crippen MR) is 101 cm³/mol. The Balaban J connectivity index is 3.21. The number of rotatable bonds is 10. The molecule has 1 aliphatic carbocycles. The molecule has 0 aromatic carbocycles. The summed E-state index contributed by atoms with van der Waals surface area (Å²) in [5, 5.41) is 21.8. The maximum atomic E-state index is 13.0. The second kappa shape index (κ2) is 9.23. The minimum atomic E-state index is -2.14. The molecule has 0 spiro atoms. The SMILES string of the molecule is CCC(C)C(=O)C1C(=O)[C@@H](CCC(C)C)[C@@](O)(C(O)CCC(C)C)C1=O. The van der Waals surface area contributed by atoms with Crippen LogP contribution < -0.4 is 0 Å². The van der Waals surface area contributed by atoms with Crippen LogP contribution in [-0.4, -0.2) is 39.3 Å². The van der Waals surface area contributed by atoms with Gasteiger partial charge in [-0.15, -0.1) is 0 Å². The van der Waals surface area contributed by atoms with Gasteiger partial charge in [0.1, 0.15) is 5.92 Å². The van der Waals surface area contributed by atoms with Gasteiger partial charge in [-0.1, -0.05) is 48.0 Å². The lowest BCUT2D eigenvalue weighted by Gasteiger charge is -2.33. The molecule has 0 aliphatic heterocycles. The molecule has 26 heavy (non-hydrogen) atoms. The first-order valence-corrected chi connectivity index (χ1v) is 10.0. The van der Waals surface area contributed by atoms with Crippen LogP contribution in [-0.2, 0) is 14.4 Å². The van der Waals surface area contributed by atoms with E-state index in [1.54, 1.807) is 6.92 Å². The van der Waals surface area contributed by atoms with Crippen molar-refractivity contribution in [2.45, 2.75) is 85.4 Å². The van der Waals surface area contributed by atoms with Crippen molar-refractivity contribution < 1.29 is 24.6 Å².